The van der Waals surface area contributed by atoms with Crippen LogP contribution in [-0.4, -0.2) is 28.9 Å². The molecule has 0 aliphatic carbocycles. The fraction of sp³-hybridized carbons (Fsp3) is 0.538. The largest absolute Gasteiger partial charge is 0.397 e. The summed E-state index contributed by atoms with van der Waals surface area (Å²) in [4.78, 5) is 17.9. The van der Waals surface area contributed by atoms with Gasteiger partial charge in [0.1, 0.15) is 0 Å². The Labute approximate surface area is 103 Å². The van der Waals surface area contributed by atoms with Gasteiger partial charge in [0.25, 0.3) is 0 Å². The summed E-state index contributed by atoms with van der Waals surface area (Å²) in [6, 6.07) is 3.79. The smallest absolute Gasteiger partial charge is 0.228 e. The van der Waals surface area contributed by atoms with E-state index in [0.717, 1.165) is 5.69 Å². The predicted molar refractivity (Wildman–Crippen MR) is 69.4 cm³/mol. The quantitative estimate of drug-likeness (QED) is 0.864. The van der Waals surface area contributed by atoms with Gasteiger partial charge in [-0.25, -0.2) is 0 Å². The molecule has 0 saturated carbocycles. The van der Waals surface area contributed by atoms with Crippen LogP contribution in [0.5, 0.6) is 0 Å². The van der Waals surface area contributed by atoms with Crippen molar-refractivity contribution < 1.29 is 4.79 Å². The Kier molecular flexibility index (Phi) is 4.49. The van der Waals surface area contributed by atoms with Crippen LogP contribution >= 0.6 is 0 Å². The van der Waals surface area contributed by atoms with Crippen LogP contribution in [0.15, 0.2) is 18.3 Å². The minimum Gasteiger partial charge on any atom is -0.397 e. The first kappa shape index (κ1) is 13.5. The number of likely N-dealkylation sites (N-methyl/N-ethyl adjacent to an activating group) is 1. The van der Waals surface area contributed by atoms with Gasteiger partial charge in [0, 0.05) is 18.8 Å². The molecule has 2 N–H and O–H groups in total. The van der Waals surface area contributed by atoms with Gasteiger partial charge in [-0.15, -0.1) is 0 Å². The van der Waals surface area contributed by atoms with Crippen molar-refractivity contribution in [2.75, 3.05) is 12.8 Å². The Morgan fingerprint density at radius 3 is 2.53 bits per heavy atom. The van der Waals surface area contributed by atoms with Gasteiger partial charge < -0.3 is 10.6 Å². The number of carbonyl (C=O) groups is 1. The lowest BCUT2D eigenvalue weighted by Crippen LogP contribution is -2.39. The summed E-state index contributed by atoms with van der Waals surface area (Å²) in [7, 11) is 1.84. The van der Waals surface area contributed by atoms with E-state index in [9.17, 15) is 4.79 Å². The molecule has 4 heteroatoms. The summed E-state index contributed by atoms with van der Waals surface area (Å²) < 4.78 is 0. The van der Waals surface area contributed by atoms with Gasteiger partial charge in [-0.1, -0.05) is 13.8 Å². The molecule has 4 nitrogen and oxygen atoms in total. The highest BCUT2D eigenvalue weighted by atomic mass is 16.2. The standard InChI is InChI=1S/C13H21N3O/c1-9(2)10(3)16(4)13(17)7-12-6-5-11(14)8-15-12/h5-6,8-10H,7,14H2,1-4H3. The third kappa shape index (κ3) is 3.73. The summed E-state index contributed by atoms with van der Waals surface area (Å²) >= 11 is 0. The van der Waals surface area contributed by atoms with E-state index >= 15 is 0 Å². The van der Waals surface area contributed by atoms with E-state index in [2.05, 4.69) is 25.8 Å². The Morgan fingerprint density at radius 1 is 1.41 bits per heavy atom. The number of amides is 1. The Hall–Kier alpha value is -1.58. The minimum atomic E-state index is 0.0865. The van der Waals surface area contributed by atoms with Crippen LogP contribution in [-0.2, 0) is 11.2 Å². The van der Waals surface area contributed by atoms with Crippen molar-refractivity contribution in [2.45, 2.75) is 33.2 Å². The van der Waals surface area contributed by atoms with E-state index in [-0.39, 0.29) is 11.9 Å². The first-order chi connectivity index (χ1) is 7.91. The zero-order valence-electron chi connectivity index (χ0n) is 11.0. The van der Waals surface area contributed by atoms with Gasteiger partial charge in [-0.3, -0.25) is 9.78 Å². The fourth-order valence-electron chi connectivity index (χ4n) is 1.49. The molecule has 1 aromatic rings. The molecule has 0 saturated heterocycles. The molecule has 17 heavy (non-hydrogen) atoms. The van der Waals surface area contributed by atoms with Crippen molar-refractivity contribution in [3.63, 3.8) is 0 Å². The van der Waals surface area contributed by atoms with Gasteiger partial charge in [-0.05, 0) is 25.0 Å². The SMILES string of the molecule is CC(C)C(C)N(C)C(=O)Cc1ccc(N)cn1. The van der Waals surface area contributed by atoms with Crippen LogP contribution in [0.2, 0.25) is 0 Å². The second-order valence-corrected chi connectivity index (χ2v) is 4.75. The molecule has 0 aliphatic heterocycles. The van der Waals surface area contributed by atoms with Crippen molar-refractivity contribution >= 4 is 11.6 Å². The predicted octanol–water partition coefficient (Wildman–Crippen LogP) is 1.71. The van der Waals surface area contributed by atoms with Crippen molar-refractivity contribution in [1.29, 1.82) is 0 Å². The molecule has 0 spiro atoms. The number of hydrogen-bond donors (Lipinski definition) is 1. The monoisotopic (exact) mass is 235 g/mol. The second kappa shape index (κ2) is 5.66. The molecular weight excluding hydrogens is 214 g/mol. The number of nitrogens with two attached hydrogens (primary N) is 1. The maximum absolute atomic E-state index is 12.0. The van der Waals surface area contributed by atoms with Gasteiger partial charge in [0.15, 0.2) is 0 Å². The van der Waals surface area contributed by atoms with Gasteiger partial charge in [0.2, 0.25) is 5.91 Å². The summed E-state index contributed by atoms with van der Waals surface area (Å²) in [5, 5.41) is 0. The number of carbonyl (C=O) groups excluding carboxylic acids is 1. The minimum absolute atomic E-state index is 0.0865. The third-order valence-corrected chi connectivity index (χ3v) is 3.15. The van der Waals surface area contributed by atoms with Crippen molar-refractivity contribution in [2.24, 2.45) is 5.92 Å². The maximum Gasteiger partial charge on any atom is 0.228 e. The molecule has 1 unspecified atom stereocenters. The number of rotatable bonds is 4. The molecule has 0 aromatic carbocycles. The van der Waals surface area contributed by atoms with Crippen molar-refractivity contribution in [1.82, 2.24) is 9.88 Å². The highest BCUT2D eigenvalue weighted by Gasteiger charge is 2.18. The highest BCUT2D eigenvalue weighted by molar-refractivity contribution is 5.78. The average Bonchev–Trinajstić information content (AvgIpc) is 2.30. The Morgan fingerprint density at radius 2 is 2.06 bits per heavy atom. The second-order valence-electron chi connectivity index (χ2n) is 4.75. The number of nitrogens with zero attached hydrogens (tertiary/aromatic N) is 2. The number of aromatic nitrogens is 1. The van der Waals surface area contributed by atoms with E-state index in [1.807, 2.05) is 7.05 Å². The summed E-state index contributed by atoms with van der Waals surface area (Å²) in [5.41, 5.74) is 6.92. The lowest BCUT2D eigenvalue weighted by atomic mass is 10.0. The van der Waals surface area contributed by atoms with Crippen LogP contribution in [0.4, 0.5) is 5.69 Å². The third-order valence-electron chi connectivity index (χ3n) is 3.15. The van der Waals surface area contributed by atoms with Gasteiger partial charge in [0.05, 0.1) is 18.3 Å². The zero-order valence-corrected chi connectivity index (χ0v) is 11.0. The van der Waals surface area contributed by atoms with Crippen LogP contribution in [0.3, 0.4) is 0 Å². The molecular formula is C13H21N3O. The Bertz CT molecular complexity index is 373. The number of nitrogen functional groups attached to an aromatic ring is 1. The first-order valence-electron chi connectivity index (χ1n) is 5.88. The van der Waals surface area contributed by atoms with E-state index in [0.29, 0.717) is 18.0 Å². The lowest BCUT2D eigenvalue weighted by Gasteiger charge is -2.28. The lowest BCUT2D eigenvalue weighted by molar-refractivity contribution is -0.131. The maximum atomic E-state index is 12.0. The zero-order chi connectivity index (χ0) is 13.0. The van der Waals surface area contributed by atoms with E-state index in [1.165, 1.54) is 0 Å². The number of hydrogen-bond acceptors (Lipinski definition) is 3. The molecule has 1 amide bonds. The van der Waals surface area contributed by atoms with Crippen molar-refractivity contribution in [3.8, 4) is 0 Å². The normalized spacial score (nSPS) is 12.5. The van der Waals surface area contributed by atoms with E-state index in [4.69, 9.17) is 5.73 Å². The molecule has 94 valence electrons. The van der Waals surface area contributed by atoms with Crippen LogP contribution < -0.4 is 5.73 Å². The number of anilines is 1. The van der Waals surface area contributed by atoms with Gasteiger partial charge in [-0.2, -0.15) is 0 Å². The molecule has 0 bridgehead atoms. The van der Waals surface area contributed by atoms with Crippen LogP contribution in [0, 0.1) is 5.92 Å². The van der Waals surface area contributed by atoms with Crippen molar-refractivity contribution in [3.05, 3.63) is 24.0 Å². The summed E-state index contributed by atoms with van der Waals surface area (Å²) in [5.74, 6) is 0.534. The topological polar surface area (TPSA) is 59.2 Å². The average molecular weight is 235 g/mol. The molecule has 1 aromatic heterocycles. The van der Waals surface area contributed by atoms with E-state index < -0.39 is 0 Å². The first-order valence-corrected chi connectivity index (χ1v) is 5.88. The Balaban J connectivity index is 2.63. The molecule has 0 fully saturated rings. The molecule has 1 atom stereocenters. The molecule has 0 aliphatic rings. The van der Waals surface area contributed by atoms with Gasteiger partial charge >= 0.3 is 0 Å². The summed E-state index contributed by atoms with van der Waals surface area (Å²) in [6.45, 7) is 6.27. The summed E-state index contributed by atoms with van der Waals surface area (Å²) in [6.07, 6.45) is 1.91. The van der Waals surface area contributed by atoms with Crippen LogP contribution in [0.25, 0.3) is 0 Å². The molecule has 1 rings (SSSR count). The highest BCUT2D eigenvalue weighted by Crippen LogP contribution is 2.10. The number of pyridine rings is 1. The molecule has 0 radical (unpaired) electrons. The fourth-order valence-corrected chi connectivity index (χ4v) is 1.49. The molecule has 1 heterocycles. The van der Waals surface area contributed by atoms with Crippen LogP contribution in [0.1, 0.15) is 26.5 Å². The van der Waals surface area contributed by atoms with E-state index in [1.54, 1.807) is 23.2 Å².